The van der Waals surface area contributed by atoms with Crippen LogP contribution in [0.5, 0.6) is 0 Å². The molecule has 0 fully saturated rings. The Hall–Kier alpha value is -1.61. The van der Waals surface area contributed by atoms with Gasteiger partial charge in [0, 0.05) is 12.0 Å². The lowest BCUT2D eigenvalue weighted by atomic mass is 10.0. The number of aromatic nitrogens is 1. The van der Waals surface area contributed by atoms with Crippen LogP contribution in [0.1, 0.15) is 37.6 Å². The van der Waals surface area contributed by atoms with Gasteiger partial charge in [0.05, 0.1) is 6.20 Å². The summed E-state index contributed by atoms with van der Waals surface area (Å²) in [6.07, 6.45) is 3.50. The van der Waals surface area contributed by atoms with Crippen molar-refractivity contribution in [3.8, 4) is 11.3 Å². The van der Waals surface area contributed by atoms with E-state index >= 15 is 0 Å². The molecular weight excluding hydrogens is 224 g/mol. The van der Waals surface area contributed by atoms with Crippen LogP contribution in [-0.4, -0.2) is 11.5 Å². The Morgan fingerprint density at radius 1 is 1.22 bits per heavy atom. The van der Waals surface area contributed by atoms with Crippen molar-refractivity contribution in [1.82, 2.24) is 4.98 Å². The largest absolute Gasteiger partial charge is 0.441 e. The molecule has 18 heavy (non-hydrogen) atoms. The fourth-order valence-electron chi connectivity index (χ4n) is 1.84. The Kier molecular flexibility index (Phi) is 4.15. The predicted molar refractivity (Wildman–Crippen MR) is 73.4 cm³/mol. The standard InChI is InChI=1S/C15H20N2O/c1-11(2)12-5-7-13(8-6-12)14-10-17-15(18-14)4-3-9-16/h5-8,10-11H,3-4,9,16H2,1-2H3. The second-order valence-corrected chi connectivity index (χ2v) is 4.79. The summed E-state index contributed by atoms with van der Waals surface area (Å²) in [5.41, 5.74) is 7.88. The van der Waals surface area contributed by atoms with E-state index in [4.69, 9.17) is 10.2 Å². The van der Waals surface area contributed by atoms with Gasteiger partial charge < -0.3 is 10.2 Å². The van der Waals surface area contributed by atoms with Crippen LogP contribution in [0.2, 0.25) is 0 Å². The second-order valence-electron chi connectivity index (χ2n) is 4.79. The van der Waals surface area contributed by atoms with Crippen LogP contribution >= 0.6 is 0 Å². The molecule has 0 amide bonds. The van der Waals surface area contributed by atoms with Gasteiger partial charge >= 0.3 is 0 Å². The zero-order valence-corrected chi connectivity index (χ0v) is 11.0. The molecule has 2 N–H and O–H groups in total. The summed E-state index contributed by atoms with van der Waals surface area (Å²) in [4.78, 5) is 4.27. The van der Waals surface area contributed by atoms with Gasteiger partial charge in [0.15, 0.2) is 11.7 Å². The van der Waals surface area contributed by atoms with E-state index in [9.17, 15) is 0 Å². The summed E-state index contributed by atoms with van der Waals surface area (Å²) in [6.45, 7) is 5.05. The highest BCUT2D eigenvalue weighted by molar-refractivity contribution is 5.56. The Morgan fingerprint density at radius 3 is 2.56 bits per heavy atom. The lowest BCUT2D eigenvalue weighted by Crippen LogP contribution is -2.00. The molecule has 0 saturated carbocycles. The molecule has 1 heterocycles. The Labute approximate surface area is 108 Å². The number of nitrogens with two attached hydrogens (primary N) is 1. The van der Waals surface area contributed by atoms with Gasteiger partial charge in [-0.1, -0.05) is 38.1 Å². The summed E-state index contributed by atoms with van der Waals surface area (Å²) in [6, 6.07) is 8.45. The van der Waals surface area contributed by atoms with Crippen molar-refractivity contribution in [3.05, 3.63) is 41.9 Å². The van der Waals surface area contributed by atoms with E-state index in [2.05, 4.69) is 43.1 Å². The molecule has 3 nitrogen and oxygen atoms in total. The lowest BCUT2D eigenvalue weighted by molar-refractivity contribution is 0.499. The van der Waals surface area contributed by atoms with E-state index in [1.807, 2.05) is 0 Å². The van der Waals surface area contributed by atoms with E-state index in [1.54, 1.807) is 6.20 Å². The first-order valence-electron chi connectivity index (χ1n) is 6.46. The Morgan fingerprint density at radius 2 is 1.94 bits per heavy atom. The van der Waals surface area contributed by atoms with Gasteiger partial charge in [-0.05, 0) is 24.4 Å². The van der Waals surface area contributed by atoms with E-state index in [1.165, 1.54) is 5.56 Å². The number of rotatable bonds is 5. The number of hydrogen-bond donors (Lipinski definition) is 1. The molecule has 0 radical (unpaired) electrons. The molecule has 1 aromatic heterocycles. The molecule has 0 aliphatic heterocycles. The predicted octanol–water partition coefficient (Wildman–Crippen LogP) is 3.36. The fourth-order valence-corrected chi connectivity index (χ4v) is 1.84. The molecule has 0 saturated heterocycles. The van der Waals surface area contributed by atoms with E-state index in [-0.39, 0.29) is 0 Å². The van der Waals surface area contributed by atoms with Crippen molar-refractivity contribution in [1.29, 1.82) is 0 Å². The molecule has 0 aliphatic rings. The highest BCUT2D eigenvalue weighted by Crippen LogP contribution is 2.23. The van der Waals surface area contributed by atoms with E-state index in [0.717, 1.165) is 30.1 Å². The summed E-state index contributed by atoms with van der Waals surface area (Å²) >= 11 is 0. The zero-order valence-electron chi connectivity index (χ0n) is 11.0. The maximum atomic E-state index is 5.71. The molecule has 0 spiro atoms. The van der Waals surface area contributed by atoms with Crippen LogP contribution < -0.4 is 5.73 Å². The number of aryl methyl sites for hydroxylation is 1. The molecule has 2 aromatic rings. The third-order valence-corrected chi connectivity index (χ3v) is 3.01. The summed E-state index contributed by atoms with van der Waals surface area (Å²) in [5, 5.41) is 0. The fraction of sp³-hybridized carbons (Fsp3) is 0.400. The van der Waals surface area contributed by atoms with Crippen molar-refractivity contribution < 1.29 is 4.42 Å². The molecule has 0 atom stereocenters. The summed E-state index contributed by atoms with van der Waals surface area (Å²) in [7, 11) is 0. The Bertz CT molecular complexity index is 485. The molecule has 2 rings (SSSR count). The van der Waals surface area contributed by atoms with Crippen LogP contribution in [0.3, 0.4) is 0 Å². The van der Waals surface area contributed by atoms with Crippen molar-refractivity contribution in [3.63, 3.8) is 0 Å². The zero-order chi connectivity index (χ0) is 13.0. The molecule has 1 aromatic carbocycles. The van der Waals surface area contributed by atoms with Gasteiger partial charge in [0.2, 0.25) is 0 Å². The highest BCUT2D eigenvalue weighted by Gasteiger charge is 2.06. The van der Waals surface area contributed by atoms with Gasteiger partial charge in [0.1, 0.15) is 0 Å². The topological polar surface area (TPSA) is 52.0 Å². The molecule has 0 bridgehead atoms. The quantitative estimate of drug-likeness (QED) is 0.877. The van der Waals surface area contributed by atoms with Crippen molar-refractivity contribution >= 4 is 0 Å². The number of benzene rings is 1. The SMILES string of the molecule is CC(C)c1ccc(-c2cnc(CCCN)o2)cc1. The van der Waals surface area contributed by atoms with Gasteiger partial charge in [-0.3, -0.25) is 0 Å². The van der Waals surface area contributed by atoms with Gasteiger partial charge in [0.25, 0.3) is 0 Å². The number of nitrogens with zero attached hydrogens (tertiary/aromatic N) is 1. The maximum absolute atomic E-state index is 5.71. The third-order valence-electron chi connectivity index (χ3n) is 3.01. The van der Waals surface area contributed by atoms with Gasteiger partial charge in [-0.25, -0.2) is 4.98 Å². The molecule has 96 valence electrons. The molecule has 3 heteroatoms. The average Bonchev–Trinajstić information content (AvgIpc) is 2.85. The van der Waals surface area contributed by atoms with E-state index in [0.29, 0.717) is 12.5 Å². The molecule has 0 unspecified atom stereocenters. The van der Waals surface area contributed by atoms with Crippen molar-refractivity contribution in [2.24, 2.45) is 5.73 Å². The van der Waals surface area contributed by atoms with Gasteiger partial charge in [-0.15, -0.1) is 0 Å². The first-order chi connectivity index (χ1) is 8.70. The number of oxazole rings is 1. The second kappa shape index (κ2) is 5.83. The third kappa shape index (κ3) is 2.99. The Balaban J connectivity index is 2.13. The molecule has 0 aliphatic carbocycles. The summed E-state index contributed by atoms with van der Waals surface area (Å²) in [5.74, 6) is 2.15. The highest BCUT2D eigenvalue weighted by atomic mass is 16.4. The first kappa shape index (κ1) is 12.8. The van der Waals surface area contributed by atoms with Gasteiger partial charge in [-0.2, -0.15) is 0 Å². The smallest absolute Gasteiger partial charge is 0.194 e. The number of hydrogen-bond acceptors (Lipinski definition) is 3. The minimum atomic E-state index is 0.550. The minimum absolute atomic E-state index is 0.550. The van der Waals surface area contributed by atoms with Crippen LogP contribution in [0.15, 0.2) is 34.9 Å². The lowest BCUT2D eigenvalue weighted by Gasteiger charge is -2.05. The van der Waals surface area contributed by atoms with Crippen molar-refractivity contribution in [2.45, 2.75) is 32.6 Å². The summed E-state index contributed by atoms with van der Waals surface area (Å²) < 4.78 is 5.71. The monoisotopic (exact) mass is 244 g/mol. The van der Waals surface area contributed by atoms with Crippen LogP contribution in [-0.2, 0) is 6.42 Å². The van der Waals surface area contributed by atoms with Crippen LogP contribution in [0.25, 0.3) is 11.3 Å². The van der Waals surface area contributed by atoms with Crippen molar-refractivity contribution in [2.75, 3.05) is 6.54 Å². The molecular formula is C15H20N2O. The van der Waals surface area contributed by atoms with Crippen LogP contribution in [0, 0.1) is 0 Å². The minimum Gasteiger partial charge on any atom is -0.441 e. The average molecular weight is 244 g/mol. The maximum Gasteiger partial charge on any atom is 0.194 e. The van der Waals surface area contributed by atoms with Crippen LogP contribution in [0.4, 0.5) is 0 Å². The van der Waals surface area contributed by atoms with E-state index < -0.39 is 0 Å². The first-order valence-corrected chi connectivity index (χ1v) is 6.46. The normalized spacial score (nSPS) is 11.1.